The zero-order valence-electron chi connectivity index (χ0n) is 13.8. The van der Waals surface area contributed by atoms with E-state index in [-0.39, 0.29) is 0 Å². The fraction of sp³-hybridized carbons (Fsp3) is 0.471. The zero-order valence-corrected chi connectivity index (χ0v) is 13.8. The number of nitrogens with zero attached hydrogens (tertiary/aromatic N) is 3. The number of hydrogen-bond acceptors (Lipinski definition) is 3. The number of aryl methyl sites for hydroxylation is 3. The van der Waals surface area contributed by atoms with E-state index in [2.05, 4.69) is 67.3 Å². The van der Waals surface area contributed by atoms with Crippen molar-refractivity contribution < 1.29 is 0 Å². The maximum absolute atomic E-state index is 4.61. The molecule has 1 heterocycles. The van der Waals surface area contributed by atoms with Crippen molar-refractivity contribution in [2.45, 2.75) is 34.2 Å². The minimum absolute atomic E-state index is 0.855. The summed E-state index contributed by atoms with van der Waals surface area (Å²) in [7, 11) is 2.02. The van der Waals surface area contributed by atoms with Crippen molar-refractivity contribution >= 4 is 11.5 Å². The van der Waals surface area contributed by atoms with Gasteiger partial charge in [-0.3, -0.25) is 4.68 Å². The summed E-state index contributed by atoms with van der Waals surface area (Å²) in [5.41, 5.74) is 4.87. The molecule has 21 heavy (non-hydrogen) atoms. The van der Waals surface area contributed by atoms with E-state index < -0.39 is 0 Å². The summed E-state index contributed by atoms with van der Waals surface area (Å²) >= 11 is 0. The summed E-state index contributed by atoms with van der Waals surface area (Å²) in [4.78, 5) is 2.33. The molecule has 2 aromatic rings. The average Bonchev–Trinajstić information content (AvgIpc) is 2.74. The van der Waals surface area contributed by atoms with Crippen molar-refractivity contribution in [1.29, 1.82) is 0 Å². The molecule has 0 saturated carbocycles. The summed E-state index contributed by atoms with van der Waals surface area (Å²) in [5, 5.41) is 8.03. The lowest BCUT2D eigenvalue weighted by atomic mass is 10.2. The third kappa shape index (κ3) is 3.27. The van der Waals surface area contributed by atoms with E-state index in [9.17, 15) is 0 Å². The molecule has 2 rings (SSSR count). The summed E-state index contributed by atoms with van der Waals surface area (Å²) in [5.74, 6) is 1.18. The molecule has 0 aliphatic rings. The van der Waals surface area contributed by atoms with Crippen molar-refractivity contribution in [1.82, 2.24) is 15.1 Å². The smallest absolute Gasteiger partial charge is 0.135 e. The molecule has 1 aromatic carbocycles. The van der Waals surface area contributed by atoms with Gasteiger partial charge in [-0.05, 0) is 39.4 Å². The number of aromatic nitrogens is 2. The van der Waals surface area contributed by atoms with E-state index in [1.807, 2.05) is 11.7 Å². The second kappa shape index (κ2) is 6.76. The Labute approximate surface area is 127 Å². The van der Waals surface area contributed by atoms with Crippen molar-refractivity contribution in [3.05, 3.63) is 41.1 Å². The van der Waals surface area contributed by atoms with Gasteiger partial charge in [0.2, 0.25) is 0 Å². The van der Waals surface area contributed by atoms with Crippen LogP contribution in [0.2, 0.25) is 0 Å². The first kappa shape index (κ1) is 15.6. The summed E-state index contributed by atoms with van der Waals surface area (Å²) in [6.07, 6.45) is 0. The van der Waals surface area contributed by atoms with Crippen LogP contribution >= 0.6 is 0 Å². The van der Waals surface area contributed by atoms with Crippen LogP contribution in [0.1, 0.15) is 30.7 Å². The Morgan fingerprint density at radius 2 is 1.81 bits per heavy atom. The predicted molar refractivity (Wildman–Crippen MR) is 89.2 cm³/mol. The first-order valence-electron chi connectivity index (χ1n) is 7.65. The lowest BCUT2D eigenvalue weighted by Crippen LogP contribution is -2.22. The number of anilines is 2. The SMILES string of the molecule is CCNCc1c(C)nn(C)c1N(CC)c1ccc(C)cc1. The molecule has 1 aromatic heterocycles. The molecule has 1 N–H and O–H groups in total. The lowest BCUT2D eigenvalue weighted by molar-refractivity contribution is 0.718. The van der Waals surface area contributed by atoms with Crippen LogP contribution in [-0.2, 0) is 13.6 Å². The molecule has 0 bridgehead atoms. The van der Waals surface area contributed by atoms with Crippen molar-refractivity contribution in [3.8, 4) is 0 Å². The molecule has 114 valence electrons. The maximum Gasteiger partial charge on any atom is 0.135 e. The zero-order chi connectivity index (χ0) is 15.4. The number of rotatable bonds is 6. The normalized spacial score (nSPS) is 10.9. The maximum atomic E-state index is 4.61. The van der Waals surface area contributed by atoms with E-state index in [0.29, 0.717) is 0 Å². The first-order chi connectivity index (χ1) is 10.1. The predicted octanol–water partition coefficient (Wildman–Crippen LogP) is 3.30. The number of hydrogen-bond donors (Lipinski definition) is 1. The van der Waals surface area contributed by atoms with Crippen LogP contribution in [0.4, 0.5) is 11.5 Å². The number of benzene rings is 1. The molecular weight excluding hydrogens is 260 g/mol. The summed E-state index contributed by atoms with van der Waals surface area (Å²) in [6, 6.07) is 8.67. The van der Waals surface area contributed by atoms with Gasteiger partial charge in [0, 0.05) is 31.4 Å². The molecule has 0 fully saturated rings. The molecule has 4 heteroatoms. The molecule has 0 aliphatic heterocycles. The van der Waals surface area contributed by atoms with Crippen LogP contribution in [0.15, 0.2) is 24.3 Å². The Balaban J connectivity index is 2.44. The van der Waals surface area contributed by atoms with E-state index in [4.69, 9.17) is 0 Å². The fourth-order valence-corrected chi connectivity index (χ4v) is 2.66. The quantitative estimate of drug-likeness (QED) is 0.884. The van der Waals surface area contributed by atoms with Crippen LogP contribution < -0.4 is 10.2 Å². The molecule has 4 nitrogen and oxygen atoms in total. The van der Waals surface area contributed by atoms with Crippen LogP contribution in [0.3, 0.4) is 0 Å². The average molecular weight is 286 g/mol. The van der Waals surface area contributed by atoms with Gasteiger partial charge in [-0.2, -0.15) is 5.10 Å². The first-order valence-corrected chi connectivity index (χ1v) is 7.65. The monoisotopic (exact) mass is 286 g/mol. The Bertz CT molecular complexity index is 584. The van der Waals surface area contributed by atoms with Gasteiger partial charge in [-0.1, -0.05) is 24.6 Å². The standard InChI is InChI=1S/C17H26N4/c1-6-18-12-16-14(4)19-20(5)17(16)21(7-2)15-10-8-13(3)9-11-15/h8-11,18H,6-7,12H2,1-5H3. The van der Waals surface area contributed by atoms with Crippen molar-refractivity contribution in [2.75, 3.05) is 18.0 Å². The van der Waals surface area contributed by atoms with Gasteiger partial charge >= 0.3 is 0 Å². The van der Waals surface area contributed by atoms with Crippen LogP contribution in [0, 0.1) is 13.8 Å². The van der Waals surface area contributed by atoms with E-state index >= 15 is 0 Å². The van der Waals surface area contributed by atoms with Gasteiger partial charge in [-0.15, -0.1) is 0 Å². The lowest BCUT2D eigenvalue weighted by Gasteiger charge is -2.25. The molecule has 0 spiro atoms. The second-order valence-corrected chi connectivity index (χ2v) is 5.37. The summed E-state index contributed by atoms with van der Waals surface area (Å²) < 4.78 is 1.99. The number of nitrogens with one attached hydrogen (secondary N) is 1. The molecule has 0 radical (unpaired) electrons. The van der Waals surface area contributed by atoms with E-state index in [0.717, 1.165) is 25.3 Å². The molecule has 0 saturated heterocycles. The Morgan fingerprint density at radius 3 is 2.38 bits per heavy atom. The fourth-order valence-electron chi connectivity index (χ4n) is 2.66. The van der Waals surface area contributed by atoms with Crippen molar-refractivity contribution in [2.24, 2.45) is 7.05 Å². The molecule has 0 aliphatic carbocycles. The minimum Gasteiger partial charge on any atom is -0.327 e. The van der Waals surface area contributed by atoms with Gasteiger partial charge in [0.25, 0.3) is 0 Å². The molecule has 0 atom stereocenters. The van der Waals surface area contributed by atoms with Gasteiger partial charge in [0.05, 0.1) is 5.69 Å². The van der Waals surface area contributed by atoms with E-state index in [1.165, 1.54) is 22.6 Å². The molecular formula is C17H26N4. The second-order valence-electron chi connectivity index (χ2n) is 5.37. The summed E-state index contributed by atoms with van der Waals surface area (Å²) in [6.45, 7) is 11.2. The highest BCUT2D eigenvalue weighted by Gasteiger charge is 2.19. The highest BCUT2D eigenvalue weighted by atomic mass is 15.4. The Morgan fingerprint density at radius 1 is 1.14 bits per heavy atom. The van der Waals surface area contributed by atoms with Gasteiger partial charge in [0.15, 0.2) is 0 Å². The van der Waals surface area contributed by atoms with Crippen LogP contribution in [0.25, 0.3) is 0 Å². The third-order valence-electron chi connectivity index (χ3n) is 3.78. The Hall–Kier alpha value is -1.81. The topological polar surface area (TPSA) is 33.1 Å². The van der Waals surface area contributed by atoms with Gasteiger partial charge in [-0.25, -0.2) is 0 Å². The highest BCUT2D eigenvalue weighted by Crippen LogP contribution is 2.30. The largest absolute Gasteiger partial charge is 0.327 e. The molecule has 0 amide bonds. The third-order valence-corrected chi connectivity index (χ3v) is 3.78. The van der Waals surface area contributed by atoms with Crippen molar-refractivity contribution in [3.63, 3.8) is 0 Å². The minimum atomic E-state index is 0.855. The molecule has 0 unspecified atom stereocenters. The Kier molecular flexibility index (Phi) is 5.02. The van der Waals surface area contributed by atoms with Crippen LogP contribution in [0.5, 0.6) is 0 Å². The van der Waals surface area contributed by atoms with Gasteiger partial charge in [0.1, 0.15) is 5.82 Å². The highest BCUT2D eigenvalue weighted by molar-refractivity contribution is 5.64. The van der Waals surface area contributed by atoms with E-state index in [1.54, 1.807) is 0 Å². The van der Waals surface area contributed by atoms with Gasteiger partial charge < -0.3 is 10.2 Å². The van der Waals surface area contributed by atoms with Crippen LogP contribution in [-0.4, -0.2) is 22.9 Å².